The summed E-state index contributed by atoms with van der Waals surface area (Å²) in [6.45, 7) is 6.65. The van der Waals surface area contributed by atoms with Gasteiger partial charge in [0.25, 0.3) is 0 Å². The molecule has 2 aliphatic rings. The third kappa shape index (κ3) is 1.89. The Morgan fingerprint density at radius 1 is 0.760 bits per heavy atom. The standard InChI is InChI=1S/C22H19BN2/c1-14-8-6-9-15(2)22(14)25-19-12-5-4-11-18(19)23-21-17(16(3)24-23)10-7-13-20(21)25/h4-13H,1-3H3. The summed E-state index contributed by atoms with van der Waals surface area (Å²) in [6, 6.07) is 21.8. The zero-order valence-corrected chi connectivity index (χ0v) is 14.7. The second-order valence-electron chi connectivity index (χ2n) is 6.99. The van der Waals surface area contributed by atoms with Gasteiger partial charge in [-0.15, -0.1) is 0 Å². The molecule has 0 bridgehead atoms. The summed E-state index contributed by atoms with van der Waals surface area (Å²) in [4.78, 5) is 7.43. The van der Waals surface area contributed by atoms with Gasteiger partial charge in [0, 0.05) is 17.1 Å². The largest absolute Gasteiger partial charge is 0.349 e. The van der Waals surface area contributed by atoms with Crippen molar-refractivity contribution < 1.29 is 0 Å². The van der Waals surface area contributed by atoms with Crippen LogP contribution in [-0.2, 0) is 0 Å². The van der Waals surface area contributed by atoms with Gasteiger partial charge in [0.15, 0.2) is 0 Å². The highest BCUT2D eigenvalue weighted by atomic mass is 15.2. The van der Waals surface area contributed by atoms with Crippen LogP contribution in [-0.4, -0.2) is 12.6 Å². The zero-order chi connectivity index (χ0) is 17.1. The number of aryl methyl sites for hydroxylation is 2. The molecule has 5 rings (SSSR count). The molecule has 120 valence electrons. The summed E-state index contributed by atoms with van der Waals surface area (Å²) >= 11 is 0. The van der Waals surface area contributed by atoms with Gasteiger partial charge >= 0.3 is 6.85 Å². The molecule has 3 heteroatoms. The molecule has 0 aliphatic carbocycles. The SMILES string of the molecule is CC1=NB2c3ccccc3N(c3c(C)cccc3C)c3cccc1c32. The number of nitrogens with zero attached hydrogens (tertiary/aromatic N) is 2. The van der Waals surface area contributed by atoms with Gasteiger partial charge in [0.2, 0.25) is 0 Å². The Balaban J connectivity index is 1.89. The minimum Gasteiger partial charge on any atom is -0.333 e. The summed E-state index contributed by atoms with van der Waals surface area (Å²) < 4.78 is 0. The van der Waals surface area contributed by atoms with Crippen LogP contribution in [0, 0.1) is 13.8 Å². The molecule has 2 heterocycles. The molecule has 0 unspecified atom stereocenters. The zero-order valence-electron chi connectivity index (χ0n) is 14.7. The van der Waals surface area contributed by atoms with E-state index in [9.17, 15) is 0 Å². The number of benzene rings is 3. The van der Waals surface area contributed by atoms with Crippen LogP contribution in [0.25, 0.3) is 0 Å². The third-order valence-corrected chi connectivity index (χ3v) is 5.45. The molecule has 0 amide bonds. The fourth-order valence-electron chi connectivity index (χ4n) is 4.36. The van der Waals surface area contributed by atoms with Crippen molar-refractivity contribution in [2.24, 2.45) is 4.90 Å². The van der Waals surface area contributed by atoms with E-state index in [0.29, 0.717) is 0 Å². The van der Waals surface area contributed by atoms with E-state index in [1.165, 1.54) is 44.7 Å². The van der Waals surface area contributed by atoms with Gasteiger partial charge < -0.3 is 9.80 Å². The maximum Gasteiger partial charge on any atom is 0.349 e. The highest BCUT2D eigenvalue weighted by molar-refractivity contribution is 6.90. The van der Waals surface area contributed by atoms with Crippen molar-refractivity contribution in [3.8, 4) is 0 Å². The average molecular weight is 322 g/mol. The number of rotatable bonds is 1. The third-order valence-electron chi connectivity index (χ3n) is 5.45. The van der Waals surface area contributed by atoms with E-state index in [1.807, 2.05) is 0 Å². The highest BCUT2D eigenvalue weighted by Crippen LogP contribution is 2.40. The van der Waals surface area contributed by atoms with Gasteiger partial charge in [-0.3, -0.25) is 0 Å². The van der Waals surface area contributed by atoms with Crippen molar-refractivity contribution >= 4 is 40.5 Å². The van der Waals surface area contributed by atoms with E-state index in [2.05, 4.69) is 86.3 Å². The molecule has 3 aromatic carbocycles. The van der Waals surface area contributed by atoms with E-state index in [1.54, 1.807) is 0 Å². The number of anilines is 3. The molecule has 2 nitrogen and oxygen atoms in total. The lowest BCUT2D eigenvalue weighted by atomic mass is 9.49. The summed E-state index contributed by atoms with van der Waals surface area (Å²) in [6.07, 6.45) is 0. The van der Waals surface area contributed by atoms with E-state index in [0.717, 1.165) is 5.71 Å². The molecule has 0 saturated carbocycles. The van der Waals surface area contributed by atoms with Crippen molar-refractivity contribution in [2.45, 2.75) is 20.8 Å². The molecule has 25 heavy (non-hydrogen) atoms. The number of fused-ring (bicyclic) bond motifs is 2. The lowest BCUT2D eigenvalue weighted by Crippen LogP contribution is -2.48. The Morgan fingerprint density at radius 3 is 2.24 bits per heavy atom. The number of hydrogen-bond donors (Lipinski definition) is 0. The van der Waals surface area contributed by atoms with Gasteiger partial charge in [-0.05, 0) is 60.5 Å². The Hall–Kier alpha value is -2.81. The minimum absolute atomic E-state index is 0.128. The van der Waals surface area contributed by atoms with E-state index in [-0.39, 0.29) is 6.85 Å². The topological polar surface area (TPSA) is 15.6 Å². The van der Waals surface area contributed by atoms with Crippen molar-refractivity contribution in [3.63, 3.8) is 0 Å². The first-order chi connectivity index (χ1) is 12.2. The summed E-state index contributed by atoms with van der Waals surface area (Å²) in [5.41, 5.74) is 11.4. The van der Waals surface area contributed by atoms with Gasteiger partial charge in [0.05, 0.1) is 5.69 Å². The Labute approximate surface area is 148 Å². The van der Waals surface area contributed by atoms with Crippen LogP contribution >= 0.6 is 0 Å². The quantitative estimate of drug-likeness (QED) is 0.618. The molecule has 0 fully saturated rings. The highest BCUT2D eigenvalue weighted by Gasteiger charge is 2.40. The van der Waals surface area contributed by atoms with Crippen LogP contribution in [0.15, 0.2) is 65.6 Å². The van der Waals surface area contributed by atoms with Crippen LogP contribution in [0.1, 0.15) is 23.6 Å². The lowest BCUT2D eigenvalue weighted by Gasteiger charge is -2.36. The van der Waals surface area contributed by atoms with Crippen LogP contribution in [0.4, 0.5) is 17.1 Å². The van der Waals surface area contributed by atoms with Crippen LogP contribution in [0.5, 0.6) is 0 Å². The average Bonchev–Trinajstić information content (AvgIpc) is 2.96. The van der Waals surface area contributed by atoms with Crippen LogP contribution < -0.4 is 15.8 Å². The van der Waals surface area contributed by atoms with Crippen molar-refractivity contribution in [1.29, 1.82) is 0 Å². The Morgan fingerprint density at radius 2 is 1.44 bits per heavy atom. The monoisotopic (exact) mass is 322 g/mol. The van der Waals surface area contributed by atoms with Crippen molar-refractivity contribution in [2.75, 3.05) is 4.90 Å². The molecule has 0 atom stereocenters. The van der Waals surface area contributed by atoms with Gasteiger partial charge in [-0.1, -0.05) is 48.5 Å². The molecule has 3 aromatic rings. The molecule has 0 aromatic heterocycles. The van der Waals surface area contributed by atoms with Gasteiger partial charge in [-0.2, -0.15) is 0 Å². The Kier molecular flexibility index (Phi) is 2.96. The van der Waals surface area contributed by atoms with Crippen molar-refractivity contribution in [3.05, 3.63) is 77.4 Å². The lowest BCUT2D eigenvalue weighted by molar-refractivity contribution is 1.22. The van der Waals surface area contributed by atoms with E-state index >= 15 is 0 Å². The van der Waals surface area contributed by atoms with E-state index < -0.39 is 0 Å². The van der Waals surface area contributed by atoms with Gasteiger partial charge in [0.1, 0.15) is 0 Å². The minimum atomic E-state index is 0.128. The first-order valence-electron chi connectivity index (χ1n) is 8.80. The van der Waals surface area contributed by atoms with Crippen molar-refractivity contribution in [1.82, 2.24) is 0 Å². The maximum absolute atomic E-state index is 4.99. The van der Waals surface area contributed by atoms with Gasteiger partial charge in [-0.25, -0.2) is 0 Å². The predicted octanol–water partition coefficient (Wildman–Crippen LogP) is 4.01. The first kappa shape index (κ1) is 14.5. The number of para-hydroxylation sites is 2. The summed E-state index contributed by atoms with van der Waals surface area (Å²) in [5.74, 6) is 0. The molecule has 0 N–H and O–H groups in total. The fraction of sp³-hybridized carbons (Fsp3) is 0.136. The molecular formula is C22H19BN2. The number of hydrogen-bond acceptors (Lipinski definition) is 2. The molecule has 0 radical (unpaired) electrons. The first-order valence-corrected chi connectivity index (χ1v) is 8.80. The summed E-state index contributed by atoms with van der Waals surface area (Å²) in [7, 11) is 0. The molecule has 2 aliphatic heterocycles. The predicted molar refractivity (Wildman–Crippen MR) is 108 cm³/mol. The fourth-order valence-corrected chi connectivity index (χ4v) is 4.36. The molecular weight excluding hydrogens is 303 g/mol. The smallest absolute Gasteiger partial charge is 0.333 e. The maximum atomic E-state index is 4.99. The van der Waals surface area contributed by atoms with E-state index in [4.69, 9.17) is 4.90 Å². The normalized spacial score (nSPS) is 14.3. The second-order valence-corrected chi connectivity index (χ2v) is 6.99. The molecule has 0 spiro atoms. The second kappa shape index (κ2) is 5.09. The van der Waals surface area contributed by atoms with Crippen LogP contribution in [0.2, 0.25) is 0 Å². The van der Waals surface area contributed by atoms with Crippen LogP contribution in [0.3, 0.4) is 0 Å². The Bertz CT molecular complexity index is 1030. The summed E-state index contributed by atoms with van der Waals surface area (Å²) in [5, 5.41) is 0. The molecule has 0 saturated heterocycles.